The van der Waals surface area contributed by atoms with Gasteiger partial charge >= 0.3 is 0 Å². The third-order valence-electron chi connectivity index (χ3n) is 2.84. The predicted molar refractivity (Wildman–Crippen MR) is 86.1 cm³/mol. The molecule has 7 heteroatoms. The molecule has 0 fully saturated rings. The van der Waals surface area contributed by atoms with Gasteiger partial charge in [0.25, 0.3) is 11.6 Å². The van der Waals surface area contributed by atoms with Gasteiger partial charge in [-0.3, -0.25) is 14.9 Å². The van der Waals surface area contributed by atoms with Gasteiger partial charge in [-0.25, -0.2) is 0 Å². The molecule has 2 rings (SSSR count). The maximum atomic E-state index is 11.8. The van der Waals surface area contributed by atoms with Crippen molar-refractivity contribution in [1.29, 1.82) is 0 Å². The van der Waals surface area contributed by atoms with Gasteiger partial charge in [-0.1, -0.05) is 22.0 Å². The van der Waals surface area contributed by atoms with Gasteiger partial charge in [0, 0.05) is 21.8 Å². The highest BCUT2D eigenvalue weighted by Crippen LogP contribution is 2.23. The fourth-order valence-corrected chi connectivity index (χ4v) is 2.23. The molecule has 0 saturated carbocycles. The summed E-state index contributed by atoms with van der Waals surface area (Å²) in [5.74, 6) is 0.0987. The normalized spacial score (nSPS) is 10.1. The maximum absolute atomic E-state index is 11.8. The molecule has 0 aliphatic heterocycles. The molecule has 0 atom stereocenters. The van der Waals surface area contributed by atoms with Crippen molar-refractivity contribution in [3.63, 3.8) is 0 Å². The fourth-order valence-electron chi connectivity index (χ4n) is 1.83. The SMILES string of the molecule is Cc1cc(OCC(=O)Nc2cccc(Br)c2)ccc1[N+](=O)[O-]. The zero-order valence-electron chi connectivity index (χ0n) is 11.7. The molecule has 1 N–H and O–H groups in total. The standard InChI is InChI=1S/C15H13BrN2O4/c1-10-7-13(5-6-14(10)18(20)21)22-9-15(19)17-12-4-2-3-11(16)8-12/h2-8H,9H2,1H3,(H,17,19). The summed E-state index contributed by atoms with van der Waals surface area (Å²) in [5.41, 5.74) is 1.16. The number of carbonyl (C=O) groups is 1. The lowest BCUT2D eigenvalue weighted by atomic mass is 10.2. The molecule has 0 saturated heterocycles. The highest BCUT2D eigenvalue weighted by molar-refractivity contribution is 9.10. The van der Waals surface area contributed by atoms with E-state index in [4.69, 9.17) is 4.74 Å². The number of amides is 1. The van der Waals surface area contributed by atoms with Crippen molar-refractivity contribution in [3.8, 4) is 5.75 Å². The van der Waals surface area contributed by atoms with Gasteiger partial charge in [-0.05, 0) is 37.3 Å². The summed E-state index contributed by atoms with van der Waals surface area (Å²) in [5, 5.41) is 13.4. The molecule has 0 aliphatic carbocycles. The van der Waals surface area contributed by atoms with E-state index in [0.717, 1.165) is 4.47 Å². The number of ether oxygens (including phenoxy) is 1. The molecule has 22 heavy (non-hydrogen) atoms. The molecular weight excluding hydrogens is 352 g/mol. The van der Waals surface area contributed by atoms with Crippen LogP contribution in [0.4, 0.5) is 11.4 Å². The Balaban J connectivity index is 1.94. The summed E-state index contributed by atoms with van der Waals surface area (Å²) in [6.07, 6.45) is 0. The first-order valence-electron chi connectivity index (χ1n) is 6.39. The molecule has 0 aromatic heterocycles. The Bertz CT molecular complexity index is 718. The number of nitrogens with one attached hydrogen (secondary N) is 1. The fraction of sp³-hybridized carbons (Fsp3) is 0.133. The van der Waals surface area contributed by atoms with Gasteiger partial charge < -0.3 is 10.1 Å². The topological polar surface area (TPSA) is 81.5 Å². The molecule has 0 radical (unpaired) electrons. The van der Waals surface area contributed by atoms with Crippen LogP contribution in [0.1, 0.15) is 5.56 Å². The maximum Gasteiger partial charge on any atom is 0.272 e. The van der Waals surface area contributed by atoms with Crippen LogP contribution < -0.4 is 10.1 Å². The molecule has 0 spiro atoms. The first-order chi connectivity index (χ1) is 10.5. The van der Waals surface area contributed by atoms with E-state index in [2.05, 4.69) is 21.2 Å². The zero-order valence-corrected chi connectivity index (χ0v) is 13.3. The molecule has 114 valence electrons. The van der Waals surface area contributed by atoms with E-state index in [1.807, 2.05) is 6.07 Å². The molecule has 2 aromatic carbocycles. The van der Waals surface area contributed by atoms with E-state index in [9.17, 15) is 14.9 Å². The quantitative estimate of drug-likeness (QED) is 0.647. The molecule has 6 nitrogen and oxygen atoms in total. The van der Waals surface area contributed by atoms with Crippen LogP contribution in [0.3, 0.4) is 0 Å². The number of aryl methyl sites for hydroxylation is 1. The number of benzene rings is 2. The van der Waals surface area contributed by atoms with E-state index in [0.29, 0.717) is 17.0 Å². The van der Waals surface area contributed by atoms with Gasteiger partial charge in [0.1, 0.15) is 5.75 Å². The molecule has 0 unspecified atom stereocenters. The smallest absolute Gasteiger partial charge is 0.272 e. The minimum atomic E-state index is -0.459. The van der Waals surface area contributed by atoms with Crippen LogP contribution in [0, 0.1) is 17.0 Å². The van der Waals surface area contributed by atoms with E-state index in [1.165, 1.54) is 18.2 Å². The zero-order chi connectivity index (χ0) is 16.1. The van der Waals surface area contributed by atoms with E-state index < -0.39 is 4.92 Å². The predicted octanol–water partition coefficient (Wildman–Crippen LogP) is 3.68. The summed E-state index contributed by atoms with van der Waals surface area (Å²) in [6, 6.07) is 11.6. The number of nitrogens with zero attached hydrogens (tertiary/aromatic N) is 1. The third-order valence-corrected chi connectivity index (χ3v) is 3.34. The summed E-state index contributed by atoms with van der Waals surface area (Å²) >= 11 is 3.32. The monoisotopic (exact) mass is 364 g/mol. The van der Waals surface area contributed by atoms with Crippen molar-refractivity contribution < 1.29 is 14.5 Å². The second-order valence-corrected chi connectivity index (χ2v) is 5.47. The van der Waals surface area contributed by atoms with Crippen molar-refractivity contribution in [2.24, 2.45) is 0 Å². The summed E-state index contributed by atoms with van der Waals surface area (Å²) < 4.78 is 6.20. The summed E-state index contributed by atoms with van der Waals surface area (Å²) in [4.78, 5) is 22.1. The molecular formula is C15H13BrN2O4. The average molecular weight is 365 g/mol. The molecule has 2 aromatic rings. The van der Waals surface area contributed by atoms with Crippen molar-refractivity contribution >= 4 is 33.2 Å². The van der Waals surface area contributed by atoms with Crippen LogP contribution in [0.5, 0.6) is 5.75 Å². The Kier molecular flexibility index (Phi) is 5.11. The van der Waals surface area contributed by atoms with Gasteiger partial charge in [0.2, 0.25) is 0 Å². The first-order valence-corrected chi connectivity index (χ1v) is 7.18. The van der Waals surface area contributed by atoms with Crippen LogP contribution in [-0.4, -0.2) is 17.4 Å². The highest BCUT2D eigenvalue weighted by atomic mass is 79.9. The number of hydrogen-bond acceptors (Lipinski definition) is 4. The van der Waals surface area contributed by atoms with Crippen molar-refractivity contribution in [2.75, 3.05) is 11.9 Å². The van der Waals surface area contributed by atoms with E-state index in [-0.39, 0.29) is 18.2 Å². The van der Waals surface area contributed by atoms with Crippen molar-refractivity contribution in [2.45, 2.75) is 6.92 Å². The van der Waals surface area contributed by atoms with Gasteiger partial charge in [0.15, 0.2) is 6.61 Å². The largest absolute Gasteiger partial charge is 0.484 e. The van der Waals surface area contributed by atoms with E-state index >= 15 is 0 Å². The van der Waals surface area contributed by atoms with Gasteiger partial charge in [-0.2, -0.15) is 0 Å². The van der Waals surface area contributed by atoms with Crippen LogP contribution in [0.2, 0.25) is 0 Å². The van der Waals surface area contributed by atoms with E-state index in [1.54, 1.807) is 25.1 Å². The Morgan fingerprint density at radius 2 is 2.09 bits per heavy atom. The number of anilines is 1. The Morgan fingerprint density at radius 3 is 2.73 bits per heavy atom. The number of nitro groups is 1. The van der Waals surface area contributed by atoms with Crippen LogP contribution >= 0.6 is 15.9 Å². The van der Waals surface area contributed by atoms with Crippen LogP contribution in [-0.2, 0) is 4.79 Å². The second-order valence-electron chi connectivity index (χ2n) is 4.55. The Hall–Kier alpha value is -2.41. The summed E-state index contributed by atoms with van der Waals surface area (Å²) in [6.45, 7) is 1.44. The van der Waals surface area contributed by atoms with Crippen molar-refractivity contribution in [3.05, 3.63) is 62.6 Å². The van der Waals surface area contributed by atoms with Crippen LogP contribution in [0.15, 0.2) is 46.9 Å². The Labute approximate surface area is 135 Å². The van der Waals surface area contributed by atoms with Gasteiger partial charge in [0.05, 0.1) is 4.92 Å². The number of halogens is 1. The van der Waals surface area contributed by atoms with Crippen molar-refractivity contribution in [1.82, 2.24) is 0 Å². The average Bonchev–Trinajstić information content (AvgIpc) is 2.45. The second kappa shape index (κ2) is 7.04. The number of nitro benzene ring substituents is 1. The molecule has 0 heterocycles. The first kappa shape index (κ1) is 16.0. The highest BCUT2D eigenvalue weighted by Gasteiger charge is 2.11. The minimum Gasteiger partial charge on any atom is -0.484 e. The number of carbonyl (C=O) groups excluding carboxylic acids is 1. The number of rotatable bonds is 5. The lowest BCUT2D eigenvalue weighted by Crippen LogP contribution is -2.20. The number of hydrogen-bond donors (Lipinski definition) is 1. The minimum absolute atomic E-state index is 0.0194. The molecule has 0 bridgehead atoms. The lowest BCUT2D eigenvalue weighted by molar-refractivity contribution is -0.385. The molecule has 1 amide bonds. The third kappa shape index (κ3) is 4.29. The lowest BCUT2D eigenvalue weighted by Gasteiger charge is -2.08. The molecule has 0 aliphatic rings. The summed E-state index contributed by atoms with van der Waals surface area (Å²) in [7, 11) is 0. The van der Waals surface area contributed by atoms with Crippen LogP contribution in [0.25, 0.3) is 0 Å². The Morgan fingerprint density at radius 1 is 1.32 bits per heavy atom. The van der Waals surface area contributed by atoms with Gasteiger partial charge in [-0.15, -0.1) is 0 Å².